The minimum Gasteiger partial charge on any atom is -0.377 e. The van der Waals surface area contributed by atoms with Gasteiger partial charge in [-0.1, -0.05) is 13.0 Å². The number of hydrogen-bond acceptors (Lipinski definition) is 3. The van der Waals surface area contributed by atoms with Crippen LogP contribution in [0.1, 0.15) is 37.8 Å². The molecule has 0 amide bonds. The summed E-state index contributed by atoms with van der Waals surface area (Å²) in [6, 6.07) is 6.82. The van der Waals surface area contributed by atoms with Crippen molar-refractivity contribution in [2.24, 2.45) is 0 Å². The van der Waals surface area contributed by atoms with E-state index in [1.165, 1.54) is 23.2 Å². The Hall–Kier alpha value is -1.06. The fourth-order valence-electron chi connectivity index (χ4n) is 2.93. The largest absolute Gasteiger partial charge is 0.377 e. The number of anilines is 1. The summed E-state index contributed by atoms with van der Waals surface area (Å²) in [4.78, 5) is 2.46. The van der Waals surface area contributed by atoms with E-state index >= 15 is 0 Å². The van der Waals surface area contributed by atoms with Crippen molar-refractivity contribution < 1.29 is 4.74 Å². The van der Waals surface area contributed by atoms with Crippen molar-refractivity contribution in [1.82, 2.24) is 5.32 Å². The van der Waals surface area contributed by atoms with Gasteiger partial charge in [-0.3, -0.25) is 0 Å². The molecule has 20 heavy (non-hydrogen) atoms. The van der Waals surface area contributed by atoms with Crippen molar-refractivity contribution in [3.05, 3.63) is 29.3 Å². The van der Waals surface area contributed by atoms with Gasteiger partial charge in [0.1, 0.15) is 0 Å². The van der Waals surface area contributed by atoms with E-state index in [1.54, 1.807) is 0 Å². The Morgan fingerprint density at radius 2 is 2.20 bits per heavy atom. The maximum Gasteiger partial charge on any atom is 0.0825 e. The molecule has 3 heteroatoms. The highest BCUT2D eigenvalue weighted by Crippen LogP contribution is 2.29. The van der Waals surface area contributed by atoms with Gasteiger partial charge >= 0.3 is 0 Å². The summed E-state index contributed by atoms with van der Waals surface area (Å²) >= 11 is 0. The molecule has 0 aromatic heterocycles. The van der Waals surface area contributed by atoms with Crippen molar-refractivity contribution in [1.29, 1.82) is 0 Å². The monoisotopic (exact) mass is 276 g/mol. The Labute approximate surface area is 123 Å². The Kier molecular flexibility index (Phi) is 5.06. The van der Waals surface area contributed by atoms with E-state index in [0.717, 1.165) is 32.6 Å². The van der Waals surface area contributed by atoms with Gasteiger partial charge in [0.15, 0.2) is 0 Å². The first kappa shape index (κ1) is 15.3. The summed E-state index contributed by atoms with van der Waals surface area (Å²) in [5, 5.41) is 3.39. The van der Waals surface area contributed by atoms with Gasteiger partial charge in [-0.25, -0.2) is 0 Å². The number of rotatable bonds is 5. The molecule has 1 aromatic rings. The molecule has 1 heterocycles. The van der Waals surface area contributed by atoms with Crippen LogP contribution in [-0.4, -0.2) is 32.3 Å². The number of ether oxygens (including phenoxy) is 1. The van der Waals surface area contributed by atoms with Crippen LogP contribution in [0, 0.1) is 6.92 Å². The molecule has 112 valence electrons. The molecule has 0 spiro atoms. The number of piperidine rings is 1. The normalized spacial score (nSPS) is 23.1. The van der Waals surface area contributed by atoms with E-state index in [9.17, 15) is 0 Å². The van der Waals surface area contributed by atoms with Crippen molar-refractivity contribution >= 4 is 5.69 Å². The van der Waals surface area contributed by atoms with Crippen molar-refractivity contribution in [2.45, 2.75) is 45.8 Å². The maximum absolute atomic E-state index is 5.69. The fourth-order valence-corrected chi connectivity index (χ4v) is 2.93. The fraction of sp³-hybridized carbons (Fsp3) is 0.647. The van der Waals surface area contributed by atoms with E-state index in [-0.39, 0.29) is 5.60 Å². The summed E-state index contributed by atoms with van der Waals surface area (Å²) in [6.45, 7) is 10.6. The lowest BCUT2D eigenvalue weighted by Gasteiger charge is -2.40. The molecular weight excluding hydrogens is 248 g/mol. The predicted octanol–water partition coefficient (Wildman–Crippen LogP) is 3.11. The minimum atomic E-state index is -0.00536. The molecule has 1 atom stereocenters. The Balaban J connectivity index is 2.11. The second-order valence-electron chi connectivity index (χ2n) is 6.07. The number of aryl methyl sites for hydroxylation is 1. The van der Waals surface area contributed by atoms with Crippen LogP contribution in [0.15, 0.2) is 18.2 Å². The van der Waals surface area contributed by atoms with Crippen LogP contribution in [0.25, 0.3) is 0 Å². The number of benzene rings is 1. The molecular formula is C17H28N2O. The zero-order valence-corrected chi connectivity index (χ0v) is 13.3. The molecule has 3 nitrogen and oxygen atoms in total. The Bertz CT molecular complexity index is 447. The van der Waals surface area contributed by atoms with Gasteiger partial charge in [-0.15, -0.1) is 0 Å². The maximum atomic E-state index is 5.69. The van der Waals surface area contributed by atoms with Gasteiger partial charge in [0.05, 0.1) is 5.60 Å². The van der Waals surface area contributed by atoms with Gasteiger partial charge < -0.3 is 15.0 Å². The zero-order valence-electron chi connectivity index (χ0n) is 13.3. The van der Waals surface area contributed by atoms with Gasteiger partial charge in [0.25, 0.3) is 0 Å². The van der Waals surface area contributed by atoms with Crippen LogP contribution in [0.3, 0.4) is 0 Å². The molecule has 1 aliphatic rings. The summed E-state index contributed by atoms with van der Waals surface area (Å²) in [7, 11) is 1.83. The second kappa shape index (κ2) is 6.59. The first-order valence-corrected chi connectivity index (χ1v) is 7.68. The summed E-state index contributed by atoms with van der Waals surface area (Å²) in [5.74, 6) is 0. The molecule has 0 bridgehead atoms. The first-order valence-electron chi connectivity index (χ1n) is 7.68. The third-order valence-corrected chi connectivity index (χ3v) is 4.41. The topological polar surface area (TPSA) is 24.5 Å². The standard InChI is InChI=1S/C17H28N2O/c1-5-18-12-15-7-8-16(11-14(15)2)19-10-6-9-17(3,13-19)20-4/h7-8,11,18H,5-6,9-10,12-13H2,1-4H3. The van der Waals surface area contributed by atoms with Gasteiger partial charge in [0, 0.05) is 32.4 Å². The van der Waals surface area contributed by atoms with Gasteiger partial charge in [0.2, 0.25) is 0 Å². The summed E-state index contributed by atoms with van der Waals surface area (Å²) < 4.78 is 5.69. The molecule has 1 saturated heterocycles. The second-order valence-corrected chi connectivity index (χ2v) is 6.07. The highest BCUT2D eigenvalue weighted by atomic mass is 16.5. The quantitative estimate of drug-likeness (QED) is 0.894. The molecule has 2 rings (SSSR count). The van der Waals surface area contributed by atoms with E-state index in [4.69, 9.17) is 4.74 Å². The van der Waals surface area contributed by atoms with E-state index in [1.807, 2.05) is 7.11 Å². The van der Waals surface area contributed by atoms with Crippen LogP contribution in [0.5, 0.6) is 0 Å². The highest BCUT2D eigenvalue weighted by molar-refractivity contribution is 5.51. The lowest BCUT2D eigenvalue weighted by atomic mass is 9.94. The number of nitrogens with one attached hydrogen (secondary N) is 1. The molecule has 1 N–H and O–H groups in total. The predicted molar refractivity (Wildman–Crippen MR) is 85.4 cm³/mol. The lowest BCUT2D eigenvalue weighted by molar-refractivity contribution is -0.00465. The van der Waals surface area contributed by atoms with E-state index < -0.39 is 0 Å². The van der Waals surface area contributed by atoms with Crippen LogP contribution >= 0.6 is 0 Å². The first-order chi connectivity index (χ1) is 9.58. The number of methoxy groups -OCH3 is 1. The average molecular weight is 276 g/mol. The van der Waals surface area contributed by atoms with Crippen molar-refractivity contribution in [3.63, 3.8) is 0 Å². The Morgan fingerprint density at radius 1 is 1.40 bits per heavy atom. The van der Waals surface area contributed by atoms with Crippen LogP contribution in [0.2, 0.25) is 0 Å². The molecule has 0 saturated carbocycles. The third-order valence-electron chi connectivity index (χ3n) is 4.41. The molecule has 0 radical (unpaired) electrons. The lowest BCUT2D eigenvalue weighted by Crippen LogP contribution is -2.47. The molecule has 1 unspecified atom stereocenters. The van der Waals surface area contributed by atoms with Gasteiger partial charge in [-0.05, 0) is 56.5 Å². The zero-order chi connectivity index (χ0) is 14.6. The summed E-state index contributed by atoms with van der Waals surface area (Å²) in [6.07, 6.45) is 2.35. The number of nitrogens with zero attached hydrogens (tertiary/aromatic N) is 1. The van der Waals surface area contributed by atoms with Crippen molar-refractivity contribution in [3.8, 4) is 0 Å². The molecule has 1 aliphatic heterocycles. The highest BCUT2D eigenvalue weighted by Gasteiger charge is 2.30. The van der Waals surface area contributed by atoms with Crippen molar-refractivity contribution in [2.75, 3.05) is 31.6 Å². The molecule has 1 aromatic carbocycles. The van der Waals surface area contributed by atoms with Gasteiger partial charge in [-0.2, -0.15) is 0 Å². The minimum absolute atomic E-state index is 0.00536. The van der Waals surface area contributed by atoms with Crippen LogP contribution in [-0.2, 0) is 11.3 Å². The summed E-state index contributed by atoms with van der Waals surface area (Å²) in [5.41, 5.74) is 4.08. The molecule has 0 aliphatic carbocycles. The third kappa shape index (κ3) is 3.53. The van der Waals surface area contributed by atoms with E-state index in [2.05, 4.69) is 49.2 Å². The van der Waals surface area contributed by atoms with E-state index in [0.29, 0.717) is 0 Å². The SMILES string of the molecule is CCNCc1ccc(N2CCCC(C)(OC)C2)cc1C. The molecule has 1 fully saturated rings. The smallest absolute Gasteiger partial charge is 0.0825 e. The van der Waals surface area contributed by atoms with Crippen LogP contribution < -0.4 is 10.2 Å². The van der Waals surface area contributed by atoms with Crippen LogP contribution in [0.4, 0.5) is 5.69 Å². The average Bonchev–Trinajstić information content (AvgIpc) is 2.46. The Morgan fingerprint density at radius 3 is 2.85 bits per heavy atom. The number of hydrogen-bond donors (Lipinski definition) is 1.